The van der Waals surface area contributed by atoms with E-state index in [1.165, 1.54) is 18.7 Å². The van der Waals surface area contributed by atoms with Crippen LogP contribution in [0, 0.1) is 0 Å². The molecule has 0 radical (unpaired) electrons. The summed E-state index contributed by atoms with van der Waals surface area (Å²) in [5.41, 5.74) is 0. The van der Waals surface area contributed by atoms with E-state index in [1.54, 1.807) is 0 Å². The van der Waals surface area contributed by atoms with Crippen LogP contribution in [0.3, 0.4) is 0 Å². The molecule has 0 unspecified atom stereocenters. The van der Waals surface area contributed by atoms with Gasteiger partial charge < -0.3 is 9.90 Å². The standard InChI is InChI=1S/C12H20N2O2/c1-3-4-5-6-11-13(2)9-10-14(11)8-7-12(15)16/h9-10H,3-8H2,1-2H3. The fraction of sp³-hybridized carbons (Fsp3) is 0.667. The Morgan fingerprint density at radius 1 is 1.50 bits per heavy atom. The maximum Gasteiger partial charge on any atom is 0.256 e. The van der Waals surface area contributed by atoms with Crippen molar-refractivity contribution in [2.45, 2.75) is 45.6 Å². The third-order valence-corrected chi connectivity index (χ3v) is 2.77. The summed E-state index contributed by atoms with van der Waals surface area (Å²) in [6, 6.07) is 0. The zero-order valence-corrected chi connectivity index (χ0v) is 10.1. The number of unbranched alkanes of at least 4 members (excludes halogenated alkanes) is 2. The molecule has 0 aromatic carbocycles. The Labute approximate surface area is 96.5 Å². The number of hydrogen-bond donors (Lipinski definition) is 0. The normalized spacial score (nSPS) is 10.6. The van der Waals surface area contributed by atoms with Crippen LogP contribution in [0.2, 0.25) is 0 Å². The van der Waals surface area contributed by atoms with Crippen molar-refractivity contribution in [2.75, 3.05) is 0 Å². The molecule has 4 nitrogen and oxygen atoms in total. The summed E-state index contributed by atoms with van der Waals surface area (Å²) < 4.78 is 4.07. The first kappa shape index (κ1) is 12.7. The Morgan fingerprint density at radius 3 is 2.88 bits per heavy atom. The lowest BCUT2D eigenvalue weighted by Gasteiger charge is -2.03. The fourth-order valence-corrected chi connectivity index (χ4v) is 1.82. The Bertz CT molecular complexity index is 345. The predicted molar refractivity (Wildman–Crippen MR) is 58.5 cm³/mol. The number of rotatable bonds is 7. The lowest BCUT2D eigenvalue weighted by Crippen LogP contribution is -2.32. The van der Waals surface area contributed by atoms with Crippen LogP contribution in [0.25, 0.3) is 0 Å². The van der Waals surface area contributed by atoms with Gasteiger partial charge in [0.15, 0.2) is 0 Å². The lowest BCUT2D eigenvalue weighted by molar-refractivity contribution is -0.678. The maximum atomic E-state index is 10.4. The molecule has 0 fully saturated rings. The van der Waals surface area contributed by atoms with Gasteiger partial charge in [-0.2, -0.15) is 0 Å². The highest BCUT2D eigenvalue weighted by Gasteiger charge is 2.13. The van der Waals surface area contributed by atoms with E-state index >= 15 is 0 Å². The SMILES string of the molecule is CCCCCc1n(CCC(=O)[O-])cc[n+]1C. The van der Waals surface area contributed by atoms with E-state index in [1.807, 2.05) is 24.0 Å². The van der Waals surface area contributed by atoms with Gasteiger partial charge in [0.25, 0.3) is 5.82 Å². The van der Waals surface area contributed by atoms with E-state index in [-0.39, 0.29) is 6.42 Å². The molecule has 16 heavy (non-hydrogen) atoms. The minimum atomic E-state index is -0.990. The topological polar surface area (TPSA) is 48.9 Å². The smallest absolute Gasteiger partial charge is 0.256 e. The van der Waals surface area contributed by atoms with Crippen molar-refractivity contribution < 1.29 is 14.5 Å². The first-order chi connectivity index (χ1) is 7.65. The molecule has 0 saturated carbocycles. The molecular weight excluding hydrogens is 204 g/mol. The van der Waals surface area contributed by atoms with Crippen LogP contribution in [0.1, 0.15) is 38.4 Å². The second-order valence-electron chi connectivity index (χ2n) is 4.10. The minimum Gasteiger partial charge on any atom is -0.550 e. The fourth-order valence-electron chi connectivity index (χ4n) is 1.82. The predicted octanol–water partition coefficient (Wildman–Crippen LogP) is 0.185. The third kappa shape index (κ3) is 3.68. The second kappa shape index (κ2) is 6.30. The molecular formula is C12H20N2O2. The highest BCUT2D eigenvalue weighted by molar-refractivity contribution is 5.64. The van der Waals surface area contributed by atoms with Gasteiger partial charge in [-0.1, -0.05) is 19.8 Å². The molecule has 0 aliphatic heterocycles. The first-order valence-electron chi connectivity index (χ1n) is 5.88. The minimum absolute atomic E-state index is 0.0788. The van der Waals surface area contributed by atoms with E-state index in [4.69, 9.17) is 0 Å². The molecule has 1 aromatic heterocycles. The molecule has 1 rings (SSSR count). The van der Waals surface area contributed by atoms with Gasteiger partial charge in [-0.3, -0.25) is 0 Å². The van der Waals surface area contributed by atoms with Crippen LogP contribution < -0.4 is 9.67 Å². The van der Waals surface area contributed by atoms with Gasteiger partial charge in [0.05, 0.1) is 13.6 Å². The maximum absolute atomic E-state index is 10.4. The first-order valence-corrected chi connectivity index (χ1v) is 5.88. The lowest BCUT2D eigenvalue weighted by atomic mass is 10.2. The van der Waals surface area contributed by atoms with Gasteiger partial charge in [-0.25, -0.2) is 9.13 Å². The van der Waals surface area contributed by atoms with Gasteiger partial charge in [0.1, 0.15) is 12.4 Å². The quantitative estimate of drug-likeness (QED) is 0.490. The summed E-state index contributed by atoms with van der Waals surface area (Å²) in [6.45, 7) is 2.68. The number of aromatic nitrogens is 2. The van der Waals surface area contributed by atoms with Crippen molar-refractivity contribution in [3.05, 3.63) is 18.2 Å². The van der Waals surface area contributed by atoms with Crippen LogP contribution in [-0.4, -0.2) is 10.5 Å². The number of imidazole rings is 1. The summed E-state index contributed by atoms with van der Waals surface area (Å²) in [6.07, 6.45) is 8.55. The average Bonchev–Trinajstić information content (AvgIpc) is 2.58. The average molecular weight is 224 g/mol. The van der Waals surface area contributed by atoms with Crippen LogP contribution in [0.4, 0.5) is 0 Å². The largest absolute Gasteiger partial charge is 0.550 e. The van der Waals surface area contributed by atoms with Crippen molar-refractivity contribution in [3.63, 3.8) is 0 Å². The van der Waals surface area contributed by atoms with Crippen molar-refractivity contribution in [1.82, 2.24) is 4.57 Å². The molecule has 0 aliphatic carbocycles. The van der Waals surface area contributed by atoms with Crippen LogP contribution >= 0.6 is 0 Å². The zero-order chi connectivity index (χ0) is 12.0. The van der Waals surface area contributed by atoms with E-state index < -0.39 is 5.97 Å². The molecule has 1 heterocycles. The Balaban J connectivity index is 2.58. The second-order valence-corrected chi connectivity index (χ2v) is 4.10. The number of aliphatic carboxylic acids is 1. The highest BCUT2D eigenvalue weighted by atomic mass is 16.4. The molecule has 0 N–H and O–H groups in total. The summed E-state index contributed by atoms with van der Waals surface area (Å²) in [5, 5.41) is 10.4. The van der Waals surface area contributed by atoms with Crippen molar-refractivity contribution in [3.8, 4) is 0 Å². The van der Waals surface area contributed by atoms with E-state index in [9.17, 15) is 9.90 Å². The molecule has 0 bridgehead atoms. The number of hydrogen-bond acceptors (Lipinski definition) is 2. The Hall–Kier alpha value is -1.32. The number of carboxylic acid groups (broad SMARTS) is 1. The van der Waals surface area contributed by atoms with Gasteiger partial charge in [-0.15, -0.1) is 0 Å². The molecule has 1 aromatic rings. The van der Waals surface area contributed by atoms with Gasteiger partial charge in [-0.05, 0) is 6.42 Å². The van der Waals surface area contributed by atoms with Crippen LogP contribution in [-0.2, 0) is 24.8 Å². The zero-order valence-electron chi connectivity index (χ0n) is 10.1. The highest BCUT2D eigenvalue weighted by Crippen LogP contribution is 2.04. The number of carboxylic acids is 1. The summed E-state index contributed by atoms with van der Waals surface area (Å²) >= 11 is 0. The van der Waals surface area contributed by atoms with Crippen molar-refractivity contribution in [1.29, 1.82) is 0 Å². The molecule has 0 aliphatic rings. The van der Waals surface area contributed by atoms with Gasteiger partial charge in [0.2, 0.25) is 0 Å². The van der Waals surface area contributed by atoms with Crippen molar-refractivity contribution in [2.24, 2.45) is 7.05 Å². The number of aryl methyl sites for hydroxylation is 2. The molecule has 0 saturated heterocycles. The molecule has 4 heteroatoms. The third-order valence-electron chi connectivity index (χ3n) is 2.77. The summed E-state index contributed by atoms with van der Waals surface area (Å²) in [7, 11) is 2.00. The van der Waals surface area contributed by atoms with Crippen LogP contribution in [0.15, 0.2) is 12.4 Å². The number of nitrogens with zero attached hydrogens (tertiary/aromatic N) is 2. The summed E-state index contributed by atoms with van der Waals surface area (Å²) in [5.74, 6) is 0.200. The van der Waals surface area contributed by atoms with Gasteiger partial charge >= 0.3 is 0 Å². The summed E-state index contributed by atoms with van der Waals surface area (Å²) in [4.78, 5) is 10.4. The molecule has 90 valence electrons. The molecule has 0 atom stereocenters. The van der Waals surface area contributed by atoms with Crippen LogP contribution in [0.5, 0.6) is 0 Å². The molecule has 0 amide bonds. The monoisotopic (exact) mass is 224 g/mol. The Morgan fingerprint density at radius 2 is 2.25 bits per heavy atom. The number of carbonyl (C=O) groups is 1. The van der Waals surface area contributed by atoms with E-state index in [0.29, 0.717) is 6.54 Å². The van der Waals surface area contributed by atoms with Gasteiger partial charge in [0, 0.05) is 18.8 Å². The number of carbonyl (C=O) groups excluding carboxylic acids is 1. The van der Waals surface area contributed by atoms with E-state index in [0.717, 1.165) is 12.8 Å². The molecule has 0 spiro atoms. The van der Waals surface area contributed by atoms with E-state index in [2.05, 4.69) is 11.5 Å². The Kier molecular flexibility index (Phi) is 5.02. The van der Waals surface area contributed by atoms with Crippen molar-refractivity contribution >= 4 is 5.97 Å².